The fourth-order valence-electron chi connectivity index (χ4n) is 3.50. The van der Waals surface area contributed by atoms with E-state index >= 15 is 0 Å². The second-order valence-electron chi connectivity index (χ2n) is 7.02. The highest BCUT2D eigenvalue weighted by atomic mass is 32.2. The van der Waals surface area contributed by atoms with Crippen molar-refractivity contribution in [3.05, 3.63) is 35.9 Å². The topological polar surface area (TPSA) is 86.7 Å². The molecule has 0 N–H and O–H groups in total. The minimum absolute atomic E-state index is 0.123. The van der Waals surface area contributed by atoms with Gasteiger partial charge in [0.25, 0.3) is 0 Å². The van der Waals surface area contributed by atoms with Gasteiger partial charge in [0, 0.05) is 30.9 Å². The van der Waals surface area contributed by atoms with Gasteiger partial charge in [-0.3, -0.25) is 4.99 Å². The molecule has 0 atom stereocenters. The van der Waals surface area contributed by atoms with Crippen molar-refractivity contribution in [2.45, 2.75) is 24.2 Å². The molecule has 9 heteroatoms. The van der Waals surface area contributed by atoms with Gasteiger partial charge in [-0.1, -0.05) is 6.42 Å². The van der Waals surface area contributed by atoms with Crippen LogP contribution in [-0.4, -0.2) is 60.5 Å². The lowest BCUT2D eigenvalue weighted by Crippen LogP contribution is -2.35. The Morgan fingerprint density at radius 2 is 1.52 bits per heavy atom. The van der Waals surface area contributed by atoms with Gasteiger partial charge in [0.2, 0.25) is 15.8 Å². The predicted molar refractivity (Wildman–Crippen MR) is 119 cm³/mol. The molecule has 1 aliphatic rings. The van der Waals surface area contributed by atoms with Crippen molar-refractivity contribution < 1.29 is 27.4 Å². The Morgan fingerprint density at radius 3 is 2.06 bits per heavy atom. The molecule has 1 fully saturated rings. The van der Waals surface area contributed by atoms with Gasteiger partial charge in [0.1, 0.15) is 10.6 Å². The van der Waals surface area contributed by atoms with Gasteiger partial charge in [-0.15, -0.1) is 0 Å². The fourth-order valence-corrected chi connectivity index (χ4v) is 5.17. The molecule has 0 bridgehead atoms. The van der Waals surface area contributed by atoms with E-state index in [1.54, 1.807) is 30.5 Å². The number of methoxy groups -OCH3 is 4. The van der Waals surface area contributed by atoms with E-state index in [1.807, 2.05) is 0 Å². The molecular weight excluding hydrogens is 420 g/mol. The van der Waals surface area contributed by atoms with Gasteiger partial charge in [-0.25, -0.2) is 8.42 Å². The molecule has 0 aromatic heterocycles. The van der Waals surface area contributed by atoms with Crippen molar-refractivity contribution in [2.24, 2.45) is 4.99 Å². The number of hydrogen-bond acceptors (Lipinski definition) is 7. The van der Waals surface area contributed by atoms with E-state index in [4.69, 9.17) is 18.9 Å². The first-order valence-electron chi connectivity index (χ1n) is 9.97. The number of aliphatic imine (C=N–C) groups is 1. The number of benzene rings is 2. The van der Waals surface area contributed by atoms with Crippen molar-refractivity contribution >= 4 is 21.9 Å². The summed E-state index contributed by atoms with van der Waals surface area (Å²) >= 11 is 0. The number of rotatable bonds is 8. The number of nitrogens with zero attached hydrogens (tertiary/aromatic N) is 2. The molecule has 8 nitrogen and oxygen atoms in total. The van der Waals surface area contributed by atoms with Crippen LogP contribution in [0.4, 0.5) is 5.69 Å². The summed E-state index contributed by atoms with van der Waals surface area (Å²) in [5, 5.41) is 0. The first-order chi connectivity index (χ1) is 14.9. The standard InChI is InChI=1S/C22H28N2O6S/c1-27-17-8-9-18(21(14-17)31(25,26)24-10-6-5-7-11-24)23-15-16-12-19(28-2)22(30-4)20(13-16)29-3/h8-9,12-15H,5-7,10-11H2,1-4H3. The summed E-state index contributed by atoms with van der Waals surface area (Å²) in [6.07, 6.45) is 4.32. The van der Waals surface area contributed by atoms with Gasteiger partial charge in [-0.05, 0) is 37.1 Å². The van der Waals surface area contributed by atoms with E-state index in [0.29, 0.717) is 47.3 Å². The molecule has 0 saturated carbocycles. The number of ether oxygens (including phenoxy) is 4. The lowest BCUT2D eigenvalue weighted by molar-refractivity contribution is 0.324. The Hall–Kier alpha value is -2.78. The molecule has 0 unspecified atom stereocenters. The zero-order valence-electron chi connectivity index (χ0n) is 18.3. The number of piperidine rings is 1. The third-order valence-corrected chi connectivity index (χ3v) is 7.07. The Labute approximate surface area is 183 Å². The summed E-state index contributed by atoms with van der Waals surface area (Å²) in [4.78, 5) is 4.60. The average molecular weight is 449 g/mol. The van der Waals surface area contributed by atoms with Gasteiger partial charge < -0.3 is 18.9 Å². The van der Waals surface area contributed by atoms with Crippen molar-refractivity contribution in [1.29, 1.82) is 0 Å². The zero-order valence-corrected chi connectivity index (χ0v) is 19.1. The lowest BCUT2D eigenvalue weighted by Gasteiger charge is -2.26. The highest BCUT2D eigenvalue weighted by Gasteiger charge is 2.28. The van der Waals surface area contributed by atoms with E-state index in [2.05, 4.69) is 4.99 Å². The molecule has 2 aromatic rings. The summed E-state index contributed by atoms with van der Waals surface area (Å²) in [6.45, 7) is 1.02. The van der Waals surface area contributed by atoms with Gasteiger partial charge >= 0.3 is 0 Å². The van der Waals surface area contributed by atoms with Gasteiger partial charge in [0.15, 0.2) is 11.5 Å². The maximum atomic E-state index is 13.3. The quantitative estimate of drug-likeness (QED) is 0.573. The van der Waals surface area contributed by atoms with Crippen LogP contribution in [0.1, 0.15) is 24.8 Å². The van der Waals surface area contributed by atoms with E-state index < -0.39 is 10.0 Å². The van der Waals surface area contributed by atoms with Crippen LogP contribution < -0.4 is 18.9 Å². The van der Waals surface area contributed by atoms with E-state index in [-0.39, 0.29) is 4.90 Å². The van der Waals surface area contributed by atoms with Crippen LogP contribution in [0.25, 0.3) is 0 Å². The molecule has 2 aromatic carbocycles. The summed E-state index contributed by atoms with van der Waals surface area (Å²) in [5.74, 6) is 1.90. The van der Waals surface area contributed by atoms with Crippen LogP contribution in [0.2, 0.25) is 0 Å². The molecular formula is C22H28N2O6S. The first-order valence-corrected chi connectivity index (χ1v) is 11.4. The van der Waals surface area contributed by atoms with Gasteiger partial charge in [-0.2, -0.15) is 4.31 Å². The molecule has 3 rings (SSSR count). The number of sulfonamides is 1. The minimum atomic E-state index is -3.70. The molecule has 0 radical (unpaired) electrons. The normalized spacial score (nSPS) is 15.1. The SMILES string of the molecule is COc1ccc(N=Cc2cc(OC)c(OC)c(OC)c2)c(S(=O)(=O)N2CCCCC2)c1. The fraction of sp³-hybridized carbons (Fsp3) is 0.409. The van der Waals surface area contributed by atoms with Crippen LogP contribution in [0.15, 0.2) is 40.2 Å². The van der Waals surface area contributed by atoms with E-state index in [1.165, 1.54) is 38.8 Å². The molecule has 31 heavy (non-hydrogen) atoms. The van der Waals surface area contributed by atoms with Crippen molar-refractivity contribution in [2.75, 3.05) is 41.5 Å². The minimum Gasteiger partial charge on any atom is -0.497 e. The first kappa shape index (κ1) is 22.9. The average Bonchev–Trinajstić information content (AvgIpc) is 2.82. The van der Waals surface area contributed by atoms with Crippen molar-refractivity contribution in [1.82, 2.24) is 4.31 Å². The Kier molecular flexibility index (Phi) is 7.40. The van der Waals surface area contributed by atoms with Crippen LogP contribution in [0, 0.1) is 0 Å². The second kappa shape index (κ2) is 10.0. The van der Waals surface area contributed by atoms with Gasteiger partial charge in [0.05, 0.1) is 34.1 Å². The van der Waals surface area contributed by atoms with Crippen LogP contribution in [0.3, 0.4) is 0 Å². The maximum Gasteiger partial charge on any atom is 0.245 e. The molecule has 1 heterocycles. The Balaban J connectivity index is 2.03. The predicted octanol–water partition coefficient (Wildman–Crippen LogP) is 3.65. The molecule has 1 saturated heterocycles. The third-order valence-electron chi connectivity index (χ3n) is 5.14. The molecule has 0 aliphatic carbocycles. The summed E-state index contributed by atoms with van der Waals surface area (Å²) in [5.41, 5.74) is 1.01. The van der Waals surface area contributed by atoms with Crippen LogP contribution >= 0.6 is 0 Å². The smallest absolute Gasteiger partial charge is 0.245 e. The largest absolute Gasteiger partial charge is 0.497 e. The molecule has 0 amide bonds. The third kappa shape index (κ3) is 4.94. The number of hydrogen-bond donors (Lipinski definition) is 0. The lowest BCUT2D eigenvalue weighted by atomic mass is 10.2. The molecule has 168 valence electrons. The van der Waals surface area contributed by atoms with E-state index in [0.717, 1.165) is 19.3 Å². The Bertz CT molecular complexity index is 1020. The maximum absolute atomic E-state index is 13.3. The Morgan fingerprint density at radius 1 is 0.871 bits per heavy atom. The monoisotopic (exact) mass is 448 g/mol. The summed E-state index contributed by atoms with van der Waals surface area (Å²) in [7, 11) is 2.41. The van der Waals surface area contributed by atoms with E-state index in [9.17, 15) is 8.42 Å². The zero-order chi connectivity index (χ0) is 22.4. The highest BCUT2D eigenvalue weighted by Crippen LogP contribution is 2.38. The highest BCUT2D eigenvalue weighted by molar-refractivity contribution is 7.89. The van der Waals surface area contributed by atoms with Crippen LogP contribution in [-0.2, 0) is 10.0 Å². The summed E-state index contributed by atoms with van der Waals surface area (Å²) < 4.78 is 49.5. The summed E-state index contributed by atoms with van der Waals surface area (Å²) in [6, 6.07) is 8.34. The van der Waals surface area contributed by atoms with Crippen molar-refractivity contribution in [3.63, 3.8) is 0 Å². The van der Waals surface area contributed by atoms with Crippen molar-refractivity contribution in [3.8, 4) is 23.0 Å². The van der Waals surface area contributed by atoms with Crippen LogP contribution in [0.5, 0.6) is 23.0 Å². The molecule has 1 aliphatic heterocycles. The molecule has 0 spiro atoms. The second-order valence-corrected chi connectivity index (χ2v) is 8.92.